The summed E-state index contributed by atoms with van der Waals surface area (Å²) in [5.41, 5.74) is 0. The SMILES string of the molecule is CCCC[C@@H]1SCC[C@H]1C. The summed E-state index contributed by atoms with van der Waals surface area (Å²) in [6.45, 7) is 4.69. The molecule has 1 heterocycles. The van der Waals surface area contributed by atoms with Crippen LogP contribution in [0, 0.1) is 5.92 Å². The zero-order valence-corrected chi connectivity index (χ0v) is 7.91. The molecule has 1 saturated heterocycles. The Morgan fingerprint density at radius 3 is 2.80 bits per heavy atom. The van der Waals surface area contributed by atoms with Crippen molar-refractivity contribution >= 4 is 11.8 Å². The van der Waals surface area contributed by atoms with E-state index in [1.807, 2.05) is 0 Å². The molecule has 1 fully saturated rings. The van der Waals surface area contributed by atoms with Crippen LogP contribution in [0.25, 0.3) is 0 Å². The molecule has 0 nitrogen and oxygen atoms in total. The molecule has 1 heteroatoms. The second-order valence-corrected chi connectivity index (χ2v) is 4.66. The minimum absolute atomic E-state index is 0.997. The molecule has 1 rings (SSSR count). The number of thioether (sulfide) groups is 1. The summed E-state index contributed by atoms with van der Waals surface area (Å²) >= 11 is 2.19. The Bertz CT molecular complexity index is 90.7. The Kier molecular flexibility index (Phi) is 3.61. The molecule has 0 amide bonds. The summed E-state index contributed by atoms with van der Waals surface area (Å²) in [7, 11) is 0. The fourth-order valence-electron chi connectivity index (χ4n) is 1.53. The third-order valence-electron chi connectivity index (χ3n) is 2.38. The fourth-order valence-corrected chi connectivity index (χ4v) is 3.14. The largest absolute Gasteiger partial charge is 0.158 e. The number of hydrogen-bond acceptors (Lipinski definition) is 1. The molecule has 0 unspecified atom stereocenters. The first-order valence-electron chi connectivity index (χ1n) is 4.46. The van der Waals surface area contributed by atoms with E-state index in [2.05, 4.69) is 25.6 Å². The minimum atomic E-state index is 0.997. The predicted octanol–water partition coefficient (Wildman–Crippen LogP) is 3.32. The number of rotatable bonds is 3. The Hall–Kier alpha value is 0.350. The van der Waals surface area contributed by atoms with Crippen LogP contribution in [0.4, 0.5) is 0 Å². The maximum Gasteiger partial charge on any atom is 0.00729 e. The van der Waals surface area contributed by atoms with Gasteiger partial charge in [0.1, 0.15) is 0 Å². The third kappa shape index (κ3) is 2.19. The van der Waals surface area contributed by atoms with Gasteiger partial charge in [-0.15, -0.1) is 0 Å². The molecule has 1 aliphatic rings. The average molecular weight is 158 g/mol. The van der Waals surface area contributed by atoms with Crippen LogP contribution < -0.4 is 0 Å². The Labute approximate surface area is 68.8 Å². The lowest BCUT2D eigenvalue weighted by Gasteiger charge is -2.12. The van der Waals surface area contributed by atoms with Crippen molar-refractivity contribution < 1.29 is 0 Å². The lowest BCUT2D eigenvalue weighted by molar-refractivity contribution is 0.523. The van der Waals surface area contributed by atoms with Gasteiger partial charge in [-0.05, 0) is 24.5 Å². The number of hydrogen-bond donors (Lipinski definition) is 0. The van der Waals surface area contributed by atoms with E-state index in [0.717, 1.165) is 11.2 Å². The monoisotopic (exact) mass is 158 g/mol. The van der Waals surface area contributed by atoms with Gasteiger partial charge >= 0.3 is 0 Å². The lowest BCUT2D eigenvalue weighted by Crippen LogP contribution is -2.06. The Morgan fingerprint density at radius 1 is 1.50 bits per heavy atom. The first-order chi connectivity index (χ1) is 4.84. The molecule has 0 bridgehead atoms. The van der Waals surface area contributed by atoms with Gasteiger partial charge in [-0.2, -0.15) is 11.8 Å². The van der Waals surface area contributed by atoms with Gasteiger partial charge in [0.25, 0.3) is 0 Å². The van der Waals surface area contributed by atoms with Gasteiger partial charge in [-0.25, -0.2) is 0 Å². The standard InChI is InChI=1S/C9H18S/c1-3-4-5-9-8(2)6-7-10-9/h8-9H,3-7H2,1-2H3/t8-,9+/m1/s1. The first kappa shape index (κ1) is 8.45. The normalized spacial score (nSPS) is 33.0. The maximum atomic E-state index is 2.40. The highest BCUT2D eigenvalue weighted by molar-refractivity contribution is 8.00. The summed E-state index contributed by atoms with van der Waals surface area (Å²) in [6.07, 6.45) is 5.72. The topological polar surface area (TPSA) is 0 Å². The second kappa shape index (κ2) is 4.27. The maximum absolute atomic E-state index is 2.40. The molecular weight excluding hydrogens is 140 g/mol. The van der Waals surface area contributed by atoms with E-state index >= 15 is 0 Å². The second-order valence-electron chi connectivity index (χ2n) is 3.32. The highest BCUT2D eigenvalue weighted by Crippen LogP contribution is 2.34. The van der Waals surface area contributed by atoms with Crippen molar-refractivity contribution in [2.75, 3.05) is 5.75 Å². The van der Waals surface area contributed by atoms with Crippen molar-refractivity contribution in [1.82, 2.24) is 0 Å². The highest BCUT2D eigenvalue weighted by atomic mass is 32.2. The van der Waals surface area contributed by atoms with Gasteiger partial charge in [0.05, 0.1) is 0 Å². The summed E-state index contributed by atoms with van der Waals surface area (Å²) in [5.74, 6) is 2.41. The van der Waals surface area contributed by atoms with Gasteiger partial charge in [-0.1, -0.05) is 26.7 Å². The molecule has 0 saturated carbocycles. The van der Waals surface area contributed by atoms with Crippen molar-refractivity contribution in [3.05, 3.63) is 0 Å². The van der Waals surface area contributed by atoms with Crippen molar-refractivity contribution in [3.63, 3.8) is 0 Å². The zero-order chi connectivity index (χ0) is 7.40. The molecular formula is C9H18S. The molecule has 2 atom stereocenters. The molecule has 60 valence electrons. The molecule has 10 heavy (non-hydrogen) atoms. The Balaban J connectivity index is 2.14. The molecule has 0 aromatic carbocycles. The third-order valence-corrected chi connectivity index (χ3v) is 3.98. The van der Waals surface area contributed by atoms with E-state index in [4.69, 9.17) is 0 Å². The van der Waals surface area contributed by atoms with E-state index in [1.54, 1.807) is 0 Å². The highest BCUT2D eigenvalue weighted by Gasteiger charge is 2.22. The predicted molar refractivity (Wildman–Crippen MR) is 49.6 cm³/mol. The van der Waals surface area contributed by atoms with E-state index in [9.17, 15) is 0 Å². The summed E-state index contributed by atoms with van der Waals surface area (Å²) in [6, 6.07) is 0. The molecule has 0 radical (unpaired) electrons. The van der Waals surface area contributed by atoms with Crippen LogP contribution >= 0.6 is 11.8 Å². The quantitative estimate of drug-likeness (QED) is 0.607. The molecule has 0 aliphatic carbocycles. The van der Waals surface area contributed by atoms with Gasteiger partial charge in [0, 0.05) is 5.25 Å². The lowest BCUT2D eigenvalue weighted by atomic mass is 10.0. The summed E-state index contributed by atoms with van der Waals surface area (Å²) in [5, 5.41) is 1.000. The molecule has 0 aromatic heterocycles. The molecule has 0 aromatic rings. The van der Waals surface area contributed by atoms with Crippen LogP contribution in [0.5, 0.6) is 0 Å². The summed E-state index contributed by atoms with van der Waals surface area (Å²) in [4.78, 5) is 0. The zero-order valence-electron chi connectivity index (χ0n) is 7.10. The van der Waals surface area contributed by atoms with Crippen LogP contribution in [0.3, 0.4) is 0 Å². The van der Waals surface area contributed by atoms with E-state index in [1.165, 1.54) is 31.4 Å². The minimum Gasteiger partial charge on any atom is -0.158 e. The smallest absolute Gasteiger partial charge is 0.00729 e. The van der Waals surface area contributed by atoms with Crippen molar-refractivity contribution in [3.8, 4) is 0 Å². The Morgan fingerprint density at radius 2 is 2.30 bits per heavy atom. The molecule has 0 spiro atoms. The van der Waals surface area contributed by atoms with Crippen LogP contribution in [-0.2, 0) is 0 Å². The van der Waals surface area contributed by atoms with Gasteiger partial charge < -0.3 is 0 Å². The van der Waals surface area contributed by atoms with Crippen LogP contribution in [0.2, 0.25) is 0 Å². The van der Waals surface area contributed by atoms with Gasteiger partial charge in [0.15, 0.2) is 0 Å². The average Bonchev–Trinajstić information content (AvgIpc) is 2.31. The van der Waals surface area contributed by atoms with E-state index in [0.29, 0.717) is 0 Å². The van der Waals surface area contributed by atoms with E-state index in [-0.39, 0.29) is 0 Å². The van der Waals surface area contributed by atoms with E-state index < -0.39 is 0 Å². The van der Waals surface area contributed by atoms with Crippen LogP contribution in [0.1, 0.15) is 39.5 Å². The van der Waals surface area contributed by atoms with Crippen molar-refractivity contribution in [2.45, 2.75) is 44.8 Å². The van der Waals surface area contributed by atoms with Crippen molar-refractivity contribution in [1.29, 1.82) is 0 Å². The van der Waals surface area contributed by atoms with Crippen molar-refractivity contribution in [2.24, 2.45) is 5.92 Å². The first-order valence-corrected chi connectivity index (χ1v) is 5.51. The van der Waals surface area contributed by atoms with Crippen LogP contribution in [0.15, 0.2) is 0 Å². The number of unbranched alkanes of at least 4 members (excludes halogenated alkanes) is 1. The fraction of sp³-hybridized carbons (Fsp3) is 1.00. The summed E-state index contributed by atoms with van der Waals surface area (Å²) < 4.78 is 0. The van der Waals surface area contributed by atoms with Crippen LogP contribution in [-0.4, -0.2) is 11.0 Å². The van der Waals surface area contributed by atoms with Gasteiger partial charge in [0.2, 0.25) is 0 Å². The van der Waals surface area contributed by atoms with Gasteiger partial charge in [-0.3, -0.25) is 0 Å². The molecule has 0 N–H and O–H groups in total. The molecule has 1 aliphatic heterocycles.